The van der Waals surface area contributed by atoms with Gasteiger partial charge in [0.1, 0.15) is 44.8 Å². The van der Waals surface area contributed by atoms with E-state index in [2.05, 4.69) is 212 Å². The fourth-order valence-corrected chi connectivity index (χ4v) is 13.3. The number of benzene rings is 13. The summed E-state index contributed by atoms with van der Waals surface area (Å²) in [5.41, 5.74) is 16.7. The summed E-state index contributed by atoms with van der Waals surface area (Å²) in [6, 6.07) is 80.1. The van der Waals surface area contributed by atoms with Crippen LogP contribution in [0.15, 0.2) is 242 Å². The van der Waals surface area contributed by atoms with Gasteiger partial charge >= 0.3 is 0 Å². The Morgan fingerprint density at radius 1 is 0.231 bits per heavy atom. The van der Waals surface area contributed by atoms with Crippen molar-refractivity contribution in [2.75, 3.05) is 0 Å². The van der Waals surface area contributed by atoms with Crippen molar-refractivity contribution in [3.8, 4) is 44.5 Å². The van der Waals surface area contributed by atoms with E-state index in [9.17, 15) is 0 Å². The predicted molar refractivity (Wildman–Crippen MR) is 325 cm³/mol. The van der Waals surface area contributed by atoms with Crippen molar-refractivity contribution in [2.24, 2.45) is 0 Å². The lowest BCUT2D eigenvalue weighted by atomic mass is 9.84. The monoisotopic (exact) mass is 994 g/mol. The summed E-state index contributed by atoms with van der Waals surface area (Å²) in [5.74, 6) is 1.07. The molecular formula is C74H42O4. The summed E-state index contributed by atoms with van der Waals surface area (Å²) >= 11 is 0. The Labute approximate surface area is 445 Å². The molecule has 18 rings (SSSR count). The van der Waals surface area contributed by atoms with Gasteiger partial charge in [-0.15, -0.1) is 0 Å². The first-order valence-corrected chi connectivity index (χ1v) is 26.9. The van der Waals surface area contributed by atoms with Crippen LogP contribution in [0.1, 0.15) is 17.7 Å². The van der Waals surface area contributed by atoms with Gasteiger partial charge < -0.3 is 17.7 Å². The first-order valence-electron chi connectivity index (χ1n) is 26.9. The third-order valence-electron chi connectivity index (χ3n) is 17.1. The standard InChI is InChI=1S/C74H42O4/c1-5-13-65-53(9-1)57-33-45(21-29-69(57)75-65)41-17-25-49-50-26-18-43(47-23-31-71-59(35-47)55-11-3-7-15-67(55)77-71)39-63(50)74-64-40-44(48-24-32-72-60(36-48)56-12-4-8-16-68(56)78-72)20-28-52(64)51-27-19-42(38-62(51)73(74)61(49)37-41)46-22-30-70-58(34-46)54-10-2-6-14-66(54)76-70/h1-7,9-15,17-40H,8,16H2. The summed E-state index contributed by atoms with van der Waals surface area (Å²) in [6.07, 6.45) is 6.43. The quantitative estimate of drug-likeness (QED) is 0.165. The lowest BCUT2D eigenvalue weighted by Gasteiger charge is -2.19. The lowest BCUT2D eigenvalue weighted by Crippen LogP contribution is -1.92. The highest BCUT2D eigenvalue weighted by molar-refractivity contribution is 6.40. The summed E-state index contributed by atoms with van der Waals surface area (Å²) in [6.45, 7) is 0. The molecule has 0 saturated carbocycles. The maximum Gasteiger partial charge on any atom is 0.135 e. The molecule has 0 amide bonds. The molecule has 78 heavy (non-hydrogen) atoms. The highest BCUT2D eigenvalue weighted by Crippen LogP contribution is 2.49. The van der Waals surface area contributed by atoms with Crippen LogP contribution < -0.4 is 0 Å². The molecule has 4 heteroatoms. The molecule has 0 bridgehead atoms. The van der Waals surface area contributed by atoms with Crippen molar-refractivity contribution in [3.63, 3.8) is 0 Å². The molecule has 0 spiro atoms. The SMILES string of the molecule is C1=Cc2c(oc3ccc(-c4ccc5c6ccc(-c7ccc8oc9ccccc9c8c7)cc6c6c7cc(-c8ccc9oc%10ccccc%10c9c8)ccc7c7ccc(-c8ccc9oc%10ccccc%10c9c8)cc7c6c5c4)cc23)CC1. The molecule has 4 aromatic heterocycles. The van der Waals surface area contributed by atoms with Gasteiger partial charge in [0.2, 0.25) is 0 Å². The number of hydrogen-bond acceptors (Lipinski definition) is 4. The number of fused-ring (bicyclic) bond motifs is 23. The minimum absolute atomic E-state index is 0.888. The van der Waals surface area contributed by atoms with E-state index in [-0.39, 0.29) is 0 Å². The lowest BCUT2D eigenvalue weighted by molar-refractivity contribution is 0.546. The van der Waals surface area contributed by atoms with Crippen LogP contribution in [0.4, 0.5) is 0 Å². The summed E-state index contributed by atoms with van der Waals surface area (Å²) in [5, 5.41) is 20.0. The average molecular weight is 995 g/mol. The van der Waals surface area contributed by atoms with E-state index in [0.717, 1.165) is 140 Å². The van der Waals surface area contributed by atoms with Crippen LogP contribution in [0.25, 0.3) is 181 Å². The summed E-state index contributed by atoms with van der Waals surface area (Å²) in [7, 11) is 0. The van der Waals surface area contributed by atoms with Crippen LogP contribution in [-0.4, -0.2) is 0 Å². The molecule has 0 saturated heterocycles. The normalized spacial score (nSPS) is 13.0. The Hall–Kier alpha value is -10.2. The zero-order valence-corrected chi connectivity index (χ0v) is 42.0. The molecule has 4 heterocycles. The van der Waals surface area contributed by atoms with Crippen molar-refractivity contribution >= 4 is 137 Å². The van der Waals surface area contributed by atoms with Crippen LogP contribution in [0, 0.1) is 0 Å². The van der Waals surface area contributed by atoms with Gasteiger partial charge in [0.15, 0.2) is 0 Å². The Morgan fingerprint density at radius 2 is 0.526 bits per heavy atom. The van der Waals surface area contributed by atoms with Gasteiger partial charge in [0.05, 0.1) is 0 Å². The first-order chi connectivity index (χ1) is 38.6. The minimum Gasteiger partial charge on any atom is -0.460 e. The van der Waals surface area contributed by atoms with Gasteiger partial charge in [-0.1, -0.05) is 140 Å². The van der Waals surface area contributed by atoms with E-state index >= 15 is 0 Å². The fourth-order valence-electron chi connectivity index (χ4n) is 13.3. The van der Waals surface area contributed by atoms with Gasteiger partial charge in [-0.25, -0.2) is 0 Å². The Morgan fingerprint density at radius 3 is 0.897 bits per heavy atom. The molecule has 1 aliphatic carbocycles. The largest absolute Gasteiger partial charge is 0.460 e. The molecule has 0 N–H and O–H groups in total. The van der Waals surface area contributed by atoms with Gasteiger partial charge in [-0.05, 0) is 196 Å². The van der Waals surface area contributed by atoms with Gasteiger partial charge in [-0.2, -0.15) is 0 Å². The molecule has 362 valence electrons. The molecule has 0 aliphatic heterocycles. The molecule has 0 fully saturated rings. The zero-order chi connectivity index (χ0) is 50.7. The number of para-hydroxylation sites is 3. The number of allylic oxidation sites excluding steroid dienone is 1. The van der Waals surface area contributed by atoms with Crippen molar-refractivity contribution in [3.05, 3.63) is 236 Å². The maximum absolute atomic E-state index is 6.42. The third kappa shape index (κ3) is 6.05. The van der Waals surface area contributed by atoms with Gasteiger partial charge in [0, 0.05) is 49.7 Å². The number of hydrogen-bond donors (Lipinski definition) is 0. The van der Waals surface area contributed by atoms with Crippen LogP contribution >= 0.6 is 0 Å². The van der Waals surface area contributed by atoms with Crippen molar-refractivity contribution < 1.29 is 17.7 Å². The summed E-state index contributed by atoms with van der Waals surface area (Å²) < 4.78 is 25.4. The van der Waals surface area contributed by atoms with E-state index in [0.29, 0.717) is 0 Å². The Bertz CT molecular complexity index is 5390. The molecular weight excluding hydrogens is 953 g/mol. The molecule has 1 aliphatic rings. The van der Waals surface area contributed by atoms with Gasteiger partial charge in [0.25, 0.3) is 0 Å². The molecule has 17 aromatic rings. The first kappa shape index (κ1) is 42.1. The Kier molecular flexibility index (Phi) is 8.48. The second kappa shape index (κ2) is 15.7. The topological polar surface area (TPSA) is 52.6 Å². The van der Waals surface area contributed by atoms with E-state index < -0.39 is 0 Å². The highest BCUT2D eigenvalue weighted by Gasteiger charge is 2.22. The maximum atomic E-state index is 6.42. The van der Waals surface area contributed by atoms with E-state index in [1.165, 1.54) is 59.4 Å². The van der Waals surface area contributed by atoms with Crippen LogP contribution in [0.2, 0.25) is 0 Å². The highest BCUT2D eigenvalue weighted by atomic mass is 16.3. The molecule has 0 atom stereocenters. The second-order valence-electron chi connectivity index (χ2n) is 21.3. The van der Waals surface area contributed by atoms with Gasteiger partial charge in [-0.3, -0.25) is 0 Å². The number of furan rings is 4. The van der Waals surface area contributed by atoms with Crippen molar-refractivity contribution in [1.82, 2.24) is 0 Å². The fraction of sp³-hybridized carbons (Fsp3) is 0.0270. The third-order valence-corrected chi connectivity index (χ3v) is 17.1. The van der Waals surface area contributed by atoms with Crippen molar-refractivity contribution in [1.29, 1.82) is 0 Å². The zero-order valence-electron chi connectivity index (χ0n) is 42.0. The smallest absolute Gasteiger partial charge is 0.135 e. The molecule has 13 aromatic carbocycles. The van der Waals surface area contributed by atoms with E-state index in [1.807, 2.05) is 18.2 Å². The van der Waals surface area contributed by atoms with E-state index in [4.69, 9.17) is 17.7 Å². The minimum atomic E-state index is 0.888. The van der Waals surface area contributed by atoms with E-state index in [1.54, 1.807) is 0 Å². The summed E-state index contributed by atoms with van der Waals surface area (Å²) in [4.78, 5) is 0. The van der Waals surface area contributed by atoms with Crippen LogP contribution in [0.5, 0.6) is 0 Å². The number of rotatable bonds is 4. The molecule has 0 unspecified atom stereocenters. The van der Waals surface area contributed by atoms with Crippen LogP contribution in [0.3, 0.4) is 0 Å². The molecule has 0 radical (unpaired) electrons. The predicted octanol–water partition coefficient (Wildman–Crippen LogP) is 21.5. The van der Waals surface area contributed by atoms with Crippen LogP contribution in [-0.2, 0) is 6.42 Å². The Balaban J connectivity index is 0.962. The average Bonchev–Trinajstić information content (AvgIpc) is 4.41. The number of aryl methyl sites for hydroxylation is 1. The van der Waals surface area contributed by atoms with Crippen molar-refractivity contribution in [2.45, 2.75) is 12.8 Å². The second-order valence-corrected chi connectivity index (χ2v) is 21.3. The molecule has 4 nitrogen and oxygen atoms in total.